The van der Waals surface area contributed by atoms with Crippen molar-refractivity contribution in [1.82, 2.24) is 0 Å². The zero-order valence-electron chi connectivity index (χ0n) is 19.7. The van der Waals surface area contributed by atoms with Crippen molar-refractivity contribution < 1.29 is 4.57 Å². The Hall–Kier alpha value is -2.93. The lowest BCUT2D eigenvalue weighted by molar-refractivity contribution is -0.756. The van der Waals surface area contributed by atoms with Gasteiger partial charge < -0.3 is 0 Å². The average Bonchev–Trinajstić information content (AvgIpc) is 2.96. The summed E-state index contributed by atoms with van der Waals surface area (Å²) >= 11 is 0. The minimum Gasteiger partial charge on any atom is -0.192 e. The van der Waals surface area contributed by atoms with Crippen LogP contribution in [0.25, 0.3) is 33.2 Å². The molecule has 0 spiro atoms. The second-order valence-corrected chi connectivity index (χ2v) is 10.3. The maximum atomic E-state index is 2.64. The van der Waals surface area contributed by atoms with Crippen molar-refractivity contribution in [3.63, 3.8) is 0 Å². The minimum atomic E-state index is 0.0293. The fraction of sp³-hybridized carbons (Fsp3) is 0.323. The number of aryl methyl sites for hydroxylation is 1. The van der Waals surface area contributed by atoms with E-state index < -0.39 is 0 Å². The molecule has 0 N–H and O–H groups in total. The van der Waals surface area contributed by atoms with Gasteiger partial charge in [0.15, 0.2) is 11.7 Å². The molecule has 1 nitrogen and oxygen atoms in total. The van der Waals surface area contributed by atoms with E-state index in [1.54, 1.807) is 0 Å². The quantitative estimate of drug-likeness (QED) is 0.296. The highest BCUT2D eigenvalue weighted by Crippen LogP contribution is 2.51. The summed E-state index contributed by atoms with van der Waals surface area (Å²) < 4.78 is 2.64. The summed E-state index contributed by atoms with van der Waals surface area (Å²) in [4.78, 5) is 0. The molecule has 3 aromatic carbocycles. The fourth-order valence-corrected chi connectivity index (χ4v) is 6.46. The normalized spacial score (nSPS) is 17.2. The highest BCUT2D eigenvalue weighted by Gasteiger charge is 2.43. The molecule has 1 aliphatic carbocycles. The Balaban J connectivity index is 1.68. The van der Waals surface area contributed by atoms with Crippen LogP contribution in [-0.2, 0) is 17.4 Å². The van der Waals surface area contributed by atoms with E-state index in [1.807, 2.05) is 0 Å². The molecule has 2 heterocycles. The van der Waals surface area contributed by atoms with Gasteiger partial charge in [0.05, 0.1) is 0 Å². The zero-order valence-corrected chi connectivity index (χ0v) is 19.7. The Bertz CT molecular complexity index is 1370. The van der Waals surface area contributed by atoms with E-state index in [-0.39, 0.29) is 11.0 Å². The molecular formula is C31H32N+. The third kappa shape index (κ3) is 2.54. The molecule has 1 aliphatic heterocycles. The standard InChI is InChI=1S/C31H32N/c1-5-31(6-2)16-15-22-17-26-24-13-9-10-14-27(24)30(3,4)28(26)19-25(22)29-18-21-11-7-8-12-23(21)20-32(29)31/h7-14,17-20H,5-6,15-16H2,1-4H3/q+1. The fourth-order valence-electron chi connectivity index (χ4n) is 6.46. The number of benzene rings is 3. The van der Waals surface area contributed by atoms with Crippen molar-refractivity contribution in [2.24, 2.45) is 0 Å². The van der Waals surface area contributed by atoms with Crippen LogP contribution < -0.4 is 4.57 Å². The van der Waals surface area contributed by atoms with Crippen LogP contribution in [0, 0.1) is 0 Å². The van der Waals surface area contributed by atoms with Crippen LogP contribution in [-0.4, -0.2) is 0 Å². The Labute approximate surface area is 191 Å². The lowest BCUT2D eigenvalue weighted by Crippen LogP contribution is -2.56. The van der Waals surface area contributed by atoms with Gasteiger partial charge in [0.25, 0.3) is 0 Å². The molecule has 6 rings (SSSR count). The lowest BCUT2D eigenvalue weighted by Gasteiger charge is -2.26. The van der Waals surface area contributed by atoms with E-state index in [0.29, 0.717) is 0 Å². The van der Waals surface area contributed by atoms with Gasteiger partial charge in [0.2, 0.25) is 5.69 Å². The van der Waals surface area contributed by atoms with E-state index >= 15 is 0 Å². The first-order chi connectivity index (χ1) is 15.5. The second kappa shape index (κ2) is 6.78. The number of hydrogen-bond donors (Lipinski definition) is 0. The Morgan fingerprint density at radius 2 is 1.47 bits per heavy atom. The largest absolute Gasteiger partial charge is 0.213 e. The highest BCUT2D eigenvalue weighted by atomic mass is 15.1. The Kier molecular flexibility index (Phi) is 4.18. The van der Waals surface area contributed by atoms with Gasteiger partial charge in [0.1, 0.15) is 0 Å². The molecule has 2 aliphatic rings. The third-order valence-electron chi connectivity index (χ3n) is 8.59. The first-order valence-electron chi connectivity index (χ1n) is 12.2. The highest BCUT2D eigenvalue weighted by molar-refractivity contribution is 5.87. The molecule has 0 bridgehead atoms. The minimum absolute atomic E-state index is 0.0293. The molecule has 0 saturated heterocycles. The average molecular weight is 419 g/mol. The van der Waals surface area contributed by atoms with Crippen LogP contribution in [0.3, 0.4) is 0 Å². The summed E-state index contributed by atoms with van der Waals surface area (Å²) in [6.45, 7) is 9.50. The summed E-state index contributed by atoms with van der Waals surface area (Å²) in [5.41, 5.74) is 10.3. The molecule has 160 valence electrons. The molecule has 0 unspecified atom stereocenters. The zero-order chi connectivity index (χ0) is 22.1. The van der Waals surface area contributed by atoms with Crippen LogP contribution in [0.15, 0.2) is 72.9 Å². The molecule has 0 saturated carbocycles. The number of pyridine rings is 1. The number of fused-ring (bicyclic) bond motifs is 7. The van der Waals surface area contributed by atoms with Crippen LogP contribution >= 0.6 is 0 Å². The lowest BCUT2D eigenvalue weighted by atomic mass is 9.81. The molecular weight excluding hydrogens is 386 g/mol. The Morgan fingerprint density at radius 3 is 2.25 bits per heavy atom. The van der Waals surface area contributed by atoms with Crippen molar-refractivity contribution in [2.45, 2.75) is 64.3 Å². The van der Waals surface area contributed by atoms with Crippen molar-refractivity contribution >= 4 is 10.8 Å². The van der Waals surface area contributed by atoms with Crippen LogP contribution in [0.4, 0.5) is 0 Å². The van der Waals surface area contributed by atoms with E-state index in [0.717, 1.165) is 19.3 Å². The van der Waals surface area contributed by atoms with Gasteiger partial charge in [-0.2, -0.15) is 4.57 Å². The molecule has 32 heavy (non-hydrogen) atoms. The van der Waals surface area contributed by atoms with Gasteiger partial charge in [-0.05, 0) is 57.8 Å². The predicted molar refractivity (Wildman–Crippen MR) is 134 cm³/mol. The third-order valence-corrected chi connectivity index (χ3v) is 8.59. The number of nitrogens with zero attached hydrogens (tertiary/aromatic N) is 1. The van der Waals surface area contributed by atoms with Gasteiger partial charge in [-0.25, -0.2) is 0 Å². The number of rotatable bonds is 2. The van der Waals surface area contributed by atoms with E-state index in [1.165, 1.54) is 56.3 Å². The molecule has 1 aromatic heterocycles. The van der Waals surface area contributed by atoms with Gasteiger partial charge >= 0.3 is 0 Å². The van der Waals surface area contributed by atoms with E-state index in [4.69, 9.17) is 0 Å². The van der Waals surface area contributed by atoms with Gasteiger partial charge in [-0.1, -0.05) is 70.2 Å². The molecule has 0 atom stereocenters. The second-order valence-electron chi connectivity index (χ2n) is 10.3. The SMILES string of the molecule is CCC1(CC)CCc2cc3c(cc2-c2cc4ccccc4c[n+]21)C(C)(C)c1ccccc1-3. The summed E-state index contributed by atoms with van der Waals surface area (Å²) in [5, 5.41) is 2.66. The topological polar surface area (TPSA) is 3.88 Å². The first-order valence-corrected chi connectivity index (χ1v) is 12.2. The molecule has 0 fully saturated rings. The van der Waals surface area contributed by atoms with Crippen molar-refractivity contribution in [3.8, 4) is 22.4 Å². The number of hydrogen-bond acceptors (Lipinski definition) is 0. The van der Waals surface area contributed by atoms with Crippen molar-refractivity contribution in [3.05, 3.63) is 89.6 Å². The molecule has 0 amide bonds. The van der Waals surface area contributed by atoms with Crippen LogP contribution in [0.2, 0.25) is 0 Å². The monoisotopic (exact) mass is 418 g/mol. The van der Waals surface area contributed by atoms with Crippen LogP contribution in [0.5, 0.6) is 0 Å². The summed E-state index contributed by atoms with van der Waals surface area (Å²) in [6.07, 6.45) is 7.06. The first kappa shape index (κ1) is 19.7. The summed E-state index contributed by atoms with van der Waals surface area (Å²) in [7, 11) is 0. The molecule has 4 aromatic rings. The van der Waals surface area contributed by atoms with Crippen molar-refractivity contribution in [1.29, 1.82) is 0 Å². The van der Waals surface area contributed by atoms with E-state index in [9.17, 15) is 0 Å². The molecule has 1 heteroatoms. The summed E-state index contributed by atoms with van der Waals surface area (Å²) in [6, 6.07) is 25.3. The van der Waals surface area contributed by atoms with Crippen molar-refractivity contribution in [2.75, 3.05) is 0 Å². The Morgan fingerprint density at radius 1 is 0.750 bits per heavy atom. The predicted octanol–water partition coefficient (Wildman–Crippen LogP) is 7.56. The van der Waals surface area contributed by atoms with Gasteiger partial charge in [0, 0.05) is 41.7 Å². The maximum absolute atomic E-state index is 2.64. The summed E-state index contributed by atoms with van der Waals surface area (Å²) in [5.74, 6) is 0. The van der Waals surface area contributed by atoms with Gasteiger partial charge in [-0.3, -0.25) is 0 Å². The van der Waals surface area contributed by atoms with Gasteiger partial charge in [-0.15, -0.1) is 0 Å². The maximum Gasteiger partial charge on any atom is 0.213 e. The number of aromatic nitrogens is 1. The van der Waals surface area contributed by atoms with Crippen LogP contribution in [0.1, 0.15) is 63.6 Å². The molecule has 0 radical (unpaired) electrons. The smallest absolute Gasteiger partial charge is 0.192 e. The van der Waals surface area contributed by atoms with E-state index in [2.05, 4.69) is 105 Å².